The highest BCUT2D eigenvalue weighted by Crippen LogP contribution is 2.15. The van der Waals surface area contributed by atoms with Crippen molar-refractivity contribution in [1.82, 2.24) is 0 Å². The predicted molar refractivity (Wildman–Crippen MR) is 80.4 cm³/mol. The lowest BCUT2D eigenvalue weighted by molar-refractivity contribution is 0.437. The van der Waals surface area contributed by atoms with Gasteiger partial charge in [0.2, 0.25) is 0 Å². The topological polar surface area (TPSA) is 38.0 Å². The highest BCUT2D eigenvalue weighted by Gasteiger charge is 2.04. The van der Waals surface area contributed by atoms with Crippen LogP contribution in [-0.2, 0) is 6.54 Å². The molecule has 4 heteroatoms. The molecule has 0 aliphatic carbocycles. The van der Waals surface area contributed by atoms with E-state index in [4.69, 9.17) is 5.73 Å². The summed E-state index contributed by atoms with van der Waals surface area (Å²) in [6.45, 7) is 0.242. The third-order valence-corrected chi connectivity index (χ3v) is 2.84. The quantitative estimate of drug-likeness (QED) is 0.877. The Hall–Kier alpha value is -1.58. The molecule has 0 fully saturated rings. The van der Waals surface area contributed by atoms with Gasteiger partial charge in [0.05, 0.1) is 6.04 Å². The van der Waals surface area contributed by atoms with Gasteiger partial charge in [-0.1, -0.05) is 42.5 Å². The molecule has 0 aliphatic rings. The predicted octanol–water partition coefficient (Wildman–Crippen LogP) is 3.69. The minimum atomic E-state index is -0.531. The van der Waals surface area contributed by atoms with Gasteiger partial charge in [-0.15, -0.1) is 12.4 Å². The lowest BCUT2D eigenvalue weighted by atomic mass is 10.1. The van der Waals surface area contributed by atoms with Crippen molar-refractivity contribution in [3.8, 4) is 0 Å². The molecule has 0 aliphatic heterocycles. The van der Waals surface area contributed by atoms with E-state index in [1.165, 1.54) is 5.56 Å². The van der Waals surface area contributed by atoms with Crippen LogP contribution >= 0.6 is 12.4 Å². The van der Waals surface area contributed by atoms with Gasteiger partial charge in [0, 0.05) is 12.2 Å². The van der Waals surface area contributed by atoms with Gasteiger partial charge in [0.15, 0.2) is 0 Å². The van der Waals surface area contributed by atoms with Crippen molar-refractivity contribution in [2.24, 2.45) is 5.73 Å². The Morgan fingerprint density at radius 2 is 1.63 bits per heavy atom. The molecule has 0 radical (unpaired) electrons. The van der Waals surface area contributed by atoms with Crippen molar-refractivity contribution < 1.29 is 4.39 Å². The molecule has 0 heterocycles. The molecule has 0 amide bonds. The van der Waals surface area contributed by atoms with Gasteiger partial charge in [-0.05, 0) is 23.3 Å². The van der Waals surface area contributed by atoms with Gasteiger partial charge in [-0.25, -0.2) is 4.39 Å². The molecule has 0 unspecified atom stereocenters. The maximum Gasteiger partial charge on any atom is 0.109 e. The number of anilines is 1. The Morgan fingerprint density at radius 1 is 1.00 bits per heavy atom. The Labute approximate surface area is 119 Å². The van der Waals surface area contributed by atoms with Gasteiger partial charge in [0.25, 0.3) is 0 Å². The van der Waals surface area contributed by atoms with E-state index in [-0.39, 0.29) is 12.4 Å². The zero-order valence-electron chi connectivity index (χ0n) is 10.6. The number of hydrogen-bond donors (Lipinski definition) is 2. The van der Waals surface area contributed by atoms with Gasteiger partial charge in [-0.3, -0.25) is 0 Å². The van der Waals surface area contributed by atoms with E-state index < -0.39 is 12.7 Å². The average molecular weight is 281 g/mol. The number of halogens is 2. The van der Waals surface area contributed by atoms with E-state index >= 15 is 0 Å². The number of nitrogens with two attached hydrogens (primary N) is 1. The lowest BCUT2D eigenvalue weighted by Crippen LogP contribution is -2.11. The maximum absolute atomic E-state index is 12.4. The first-order valence-corrected chi connectivity index (χ1v) is 5.99. The van der Waals surface area contributed by atoms with Crippen LogP contribution in [0.5, 0.6) is 0 Å². The second kappa shape index (κ2) is 7.77. The number of hydrogen-bond acceptors (Lipinski definition) is 2. The molecule has 102 valence electrons. The Balaban J connectivity index is 0.00000180. The third-order valence-electron chi connectivity index (χ3n) is 2.84. The minimum absolute atomic E-state index is 0. The van der Waals surface area contributed by atoms with Gasteiger partial charge in [-0.2, -0.15) is 0 Å². The zero-order chi connectivity index (χ0) is 12.8. The van der Waals surface area contributed by atoms with Gasteiger partial charge < -0.3 is 11.1 Å². The third kappa shape index (κ3) is 4.54. The van der Waals surface area contributed by atoms with Crippen molar-refractivity contribution in [3.05, 3.63) is 65.7 Å². The van der Waals surface area contributed by atoms with Crippen LogP contribution < -0.4 is 11.1 Å². The van der Waals surface area contributed by atoms with Crippen molar-refractivity contribution in [3.63, 3.8) is 0 Å². The summed E-state index contributed by atoms with van der Waals surface area (Å²) in [5.41, 5.74) is 8.67. The van der Waals surface area contributed by atoms with E-state index in [0.717, 1.165) is 17.8 Å². The highest BCUT2D eigenvalue weighted by molar-refractivity contribution is 5.85. The van der Waals surface area contributed by atoms with Crippen molar-refractivity contribution in [2.75, 3.05) is 12.0 Å². The monoisotopic (exact) mass is 280 g/mol. The van der Waals surface area contributed by atoms with E-state index in [9.17, 15) is 4.39 Å². The second-order valence-electron chi connectivity index (χ2n) is 4.22. The fraction of sp³-hybridized carbons (Fsp3) is 0.200. The van der Waals surface area contributed by atoms with Crippen molar-refractivity contribution in [1.29, 1.82) is 0 Å². The number of nitrogens with one attached hydrogen (secondary N) is 1. The molecule has 3 N–H and O–H groups in total. The maximum atomic E-state index is 12.4. The SMILES string of the molecule is Cl.N[C@@H](CF)c1ccc(NCc2ccccc2)cc1. The fourth-order valence-electron chi connectivity index (χ4n) is 1.74. The first-order valence-electron chi connectivity index (χ1n) is 5.99. The molecule has 0 saturated heterocycles. The smallest absolute Gasteiger partial charge is 0.109 e. The van der Waals surface area contributed by atoms with Crippen LogP contribution in [0.25, 0.3) is 0 Å². The molecule has 2 aromatic carbocycles. The summed E-state index contributed by atoms with van der Waals surface area (Å²) in [6.07, 6.45) is 0. The summed E-state index contributed by atoms with van der Waals surface area (Å²) in [7, 11) is 0. The van der Waals surface area contributed by atoms with Crippen LogP contribution in [-0.4, -0.2) is 6.67 Å². The van der Waals surface area contributed by atoms with Gasteiger partial charge in [0.1, 0.15) is 6.67 Å². The molecule has 0 bridgehead atoms. The number of rotatable bonds is 5. The van der Waals surface area contributed by atoms with E-state index in [1.807, 2.05) is 42.5 Å². The summed E-state index contributed by atoms with van der Waals surface area (Å²) in [4.78, 5) is 0. The van der Waals surface area contributed by atoms with Crippen LogP contribution in [0.3, 0.4) is 0 Å². The van der Waals surface area contributed by atoms with Crippen LogP contribution in [0.1, 0.15) is 17.2 Å². The molecule has 0 aromatic heterocycles. The molecule has 2 rings (SSSR count). The first-order chi connectivity index (χ1) is 8.79. The largest absolute Gasteiger partial charge is 0.381 e. The summed E-state index contributed by atoms with van der Waals surface area (Å²) < 4.78 is 12.4. The Kier molecular flexibility index (Phi) is 6.33. The molecular formula is C15H18ClFN2. The van der Waals surface area contributed by atoms with Gasteiger partial charge >= 0.3 is 0 Å². The Morgan fingerprint density at radius 3 is 2.21 bits per heavy atom. The van der Waals surface area contributed by atoms with E-state index in [2.05, 4.69) is 17.4 Å². The average Bonchev–Trinajstić information content (AvgIpc) is 2.46. The zero-order valence-corrected chi connectivity index (χ0v) is 11.4. The molecule has 0 saturated carbocycles. The van der Waals surface area contributed by atoms with Crippen LogP contribution in [0.15, 0.2) is 54.6 Å². The van der Waals surface area contributed by atoms with Crippen LogP contribution in [0, 0.1) is 0 Å². The molecule has 2 nitrogen and oxygen atoms in total. The van der Waals surface area contributed by atoms with Crippen LogP contribution in [0.2, 0.25) is 0 Å². The summed E-state index contributed by atoms with van der Waals surface area (Å²) >= 11 is 0. The van der Waals surface area contributed by atoms with E-state index in [1.54, 1.807) is 0 Å². The summed E-state index contributed by atoms with van der Waals surface area (Å²) in [6, 6.07) is 17.2. The normalized spacial score (nSPS) is 11.5. The minimum Gasteiger partial charge on any atom is -0.381 e. The standard InChI is InChI=1S/C15H17FN2.ClH/c16-10-15(17)13-6-8-14(9-7-13)18-11-12-4-2-1-3-5-12;/h1-9,15,18H,10-11,17H2;1H/t15-;/m0./s1. The molecule has 1 atom stereocenters. The first kappa shape index (κ1) is 15.5. The van der Waals surface area contributed by atoms with Crippen molar-refractivity contribution >= 4 is 18.1 Å². The molecule has 19 heavy (non-hydrogen) atoms. The van der Waals surface area contributed by atoms with Crippen LogP contribution in [0.4, 0.5) is 10.1 Å². The van der Waals surface area contributed by atoms with Crippen molar-refractivity contribution in [2.45, 2.75) is 12.6 Å². The fourth-order valence-corrected chi connectivity index (χ4v) is 1.74. The summed E-state index contributed by atoms with van der Waals surface area (Å²) in [5, 5.41) is 3.31. The molecule has 0 spiro atoms. The molecular weight excluding hydrogens is 263 g/mol. The highest BCUT2D eigenvalue weighted by atomic mass is 35.5. The van der Waals surface area contributed by atoms with E-state index in [0.29, 0.717) is 0 Å². The second-order valence-corrected chi connectivity index (χ2v) is 4.22. The lowest BCUT2D eigenvalue weighted by Gasteiger charge is -2.10. The number of alkyl halides is 1. The molecule has 2 aromatic rings. The summed E-state index contributed by atoms with van der Waals surface area (Å²) in [5.74, 6) is 0. The number of benzene rings is 2. The Bertz CT molecular complexity index is 473.